The SMILES string of the molecule is CCCc1nn(C)c2c1NCC(CC(C)C)CN2. The van der Waals surface area contributed by atoms with Gasteiger partial charge in [-0.05, 0) is 24.7 Å². The second-order valence-electron chi connectivity index (χ2n) is 5.80. The zero-order valence-corrected chi connectivity index (χ0v) is 12.1. The normalized spacial score (nSPS) is 19.1. The molecule has 0 saturated carbocycles. The molecule has 102 valence electrons. The van der Waals surface area contributed by atoms with Gasteiger partial charge in [-0.1, -0.05) is 27.2 Å². The summed E-state index contributed by atoms with van der Waals surface area (Å²) in [5.74, 6) is 2.62. The third-order valence-corrected chi connectivity index (χ3v) is 3.54. The monoisotopic (exact) mass is 250 g/mol. The van der Waals surface area contributed by atoms with Crippen LogP contribution < -0.4 is 10.6 Å². The van der Waals surface area contributed by atoms with Gasteiger partial charge in [0, 0.05) is 20.1 Å². The molecule has 1 aliphatic heterocycles. The number of hydrogen-bond acceptors (Lipinski definition) is 3. The standard InChI is InChI=1S/C14H26N4/c1-5-6-12-13-14(18(4)17-12)16-9-11(8-15-13)7-10(2)3/h10-11,15-16H,5-9H2,1-4H3. The van der Waals surface area contributed by atoms with Crippen LogP contribution in [0.1, 0.15) is 39.3 Å². The topological polar surface area (TPSA) is 41.9 Å². The summed E-state index contributed by atoms with van der Waals surface area (Å²) in [6.07, 6.45) is 3.46. The molecular formula is C14H26N4. The second-order valence-corrected chi connectivity index (χ2v) is 5.80. The molecule has 0 bridgehead atoms. The Morgan fingerprint density at radius 3 is 2.72 bits per heavy atom. The quantitative estimate of drug-likeness (QED) is 0.863. The van der Waals surface area contributed by atoms with E-state index in [9.17, 15) is 0 Å². The van der Waals surface area contributed by atoms with Gasteiger partial charge in [-0.15, -0.1) is 0 Å². The summed E-state index contributed by atoms with van der Waals surface area (Å²) >= 11 is 0. The van der Waals surface area contributed by atoms with Gasteiger partial charge in [0.25, 0.3) is 0 Å². The van der Waals surface area contributed by atoms with E-state index in [1.54, 1.807) is 0 Å². The molecule has 0 fully saturated rings. The van der Waals surface area contributed by atoms with Crippen molar-refractivity contribution in [1.82, 2.24) is 9.78 Å². The summed E-state index contributed by atoms with van der Waals surface area (Å²) in [4.78, 5) is 0. The predicted molar refractivity (Wildman–Crippen MR) is 77.1 cm³/mol. The minimum absolute atomic E-state index is 0.701. The molecule has 4 nitrogen and oxygen atoms in total. The van der Waals surface area contributed by atoms with Crippen LogP contribution in [0.5, 0.6) is 0 Å². The van der Waals surface area contributed by atoms with Crippen LogP contribution in [0.2, 0.25) is 0 Å². The van der Waals surface area contributed by atoms with E-state index in [-0.39, 0.29) is 0 Å². The highest BCUT2D eigenvalue weighted by atomic mass is 15.3. The summed E-state index contributed by atoms with van der Waals surface area (Å²) in [5.41, 5.74) is 2.43. The van der Waals surface area contributed by atoms with E-state index in [1.165, 1.54) is 17.8 Å². The number of aromatic nitrogens is 2. The van der Waals surface area contributed by atoms with Gasteiger partial charge in [-0.3, -0.25) is 4.68 Å². The van der Waals surface area contributed by atoms with Gasteiger partial charge in [0.2, 0.25) is 0 Å². The minimum Gasteiger partial charge on any atom is -0.380 e. The fourth-order valence-electron chi connectivity index (χ4n) is 2.77. The number of hydrogen-bond donors (Lipinski definition) is 2. The molecule has 4 heteroatoms. The van der Waals surface area contributed by atoms with E-state index < -0.39 is 0 Å². The third-order valence-electron chi connectivity index (χ3n) is 3.54. The fraction of sp³-hybridized carbons (Fsp3) is 0.786. The Kier molecular flexibility index (Phi) is 4.15. The second kappa shape index (κ2) is 5.63. The Balaban J connectivity index is 2.12. The predicted octanol–water partition coefficient (Wildman–Crippen LogP) is 2.87. The average molecular weight is 250 g/mol. The van der Waals surface area contributed by atoms with Crippen molar-refractivity contribution in [3.8, 4) is 0 Å². The maximum absolute atomic E-state index is 4.60. The van der Waals surface area contributed by atoms with Crippen LogP contribution in [0.25, 0.3) is 0 Å². The van der Waals surface area contributed by atoms with Crippen LogP contribution >= 0.6 is 0 Å². The van der Waals surface area contributed by atoms with E-state index in [0.29, 0.717) is 5.92 Å². The molecule has 0 amide bonds. The van der Waals surface area contributed by atoms with E-state index >= 15 is 0 Å². The van der Waals surface area contributed by atoms with Gasteiger partial charge in [0.1, 0.15) is 11.5 Å². The van der Waals surface area contributed by atoms with Crippen molar-refractivity contribution in [2.45, 2.75) is 40.0 Å². The first-order chi connectivity index (χ1) is 8.61. The summed E-state index contributed by atoms with van der Waals surface area (Å²) in [7, 11) is 2.02. The molecule has 0 aromatic carbocycles. The highest BCUT2D eigenvalue weighted by molar-refractivity contribution is 5.69. The first-order valence-corrected chi connectivity index (χ1v) is 7.15. The van der Waals surface area contributed by atoms with Gasteiger partial charge >= 0.3 is 0 Å². The van der Waals surface area contributed by atoms with Crippen molar-refractivity contribution in [1.29, 1.82) is 0 Å². The highest BCUT2D eigenvalue weighted by Gasteiger charge is 2.21. The van der Waals surface area contributed by atoms with Crippen LogP contribution in [0.15, 0.2) is 0 Å². The first-order valence-electron chi connectivity index (χ1n) is 7.15. The van der Waals surface area contributed by atoms with Crippen LogP contribution in [0.4, 0.5) is 11.5 Å². The number of nitrogens with zero attached hydrogens (tertiary/aromatic N) is 2. The lowest BCUT2D eigenvalue weighted by atomic mass is 9.97. The van der Waals surface area contributed by atoms with Gasteiger partial charge < -0.3 is 10.6 Å². The molecule has 1 aliphatic rings. The van der Waals surface area contributed by atoms with Crippen molar-refractivity contribution in [2.75, 3.05) is 23.7 Å². The van der Waals surface area contributed by atoms with E-state index in [1.807, 2.05) is 11.7 Å². The van der Waals surface area contributed by atoms with E-state index in [2.05, 4.69) is 36.5 Å². The van der Waals surface area contributed by atoms with Crippen molar-refractivity contribution in [3.05, 3.63) is 5.69 Å². The molecular weight excluding hydrogens is 224 g/mol. The number of anilines is 2. The molecule has 2 N–H and O–H groups in total. The molecule has 0 spiro atoms. The third kappa shape index (κ3) is 2.79. The molecule has 2 rings (SSSR count). The van der Waals surface area contributed by atoms with Crippen LogP contribution in [0, 0.1) is 11.8 Å². The number of fused-ring (bicyclic) bond motifs is 1. The zero-order chi connectivity index (χ0) is 13.1. The average Bonchev–Trinajstić information content (AvgIpc) is 2.48. The van der Waals surface area contributed by atoms with Gasteiger partial charge in [-0.25, -0.2) is 0 Å². The highest BCUT2D eigenvalue weighted by Crippen LogP contribution is 2.30. The molecule has 0 radical (unpaired) electrons. The van der Waals surface area contributed by atoms with Crippen molar-refractivity contribution >= 4 is 11.5 Å². The largest absolute Gasteiger partial charge is 0.380 e. The van der Waals surface area contributed by atoms with Gasteiger partial charge in [0.05, 0.1) is 5.69 Å². The molecule has 1 aromatic heterocycles. The number of rotatable bonds is 4. The van der Waals surface area contributed by atoms with Crippen LogP contribution in [0.3, 0.4) is 0 Å². The lowest BCUT2D eigenvalue weighted by Gasteiger charge is -2.17. The maximum atomic E-state index is 4.60. The van der Waals surface area contributed by atoms with Crippen molar-refractivity contribution in [2.24, 2.45) is 18.9 Å². The molecule has 2 heterocycles. The molecule has 1 aromatic rings. The van der Waals surface area contributed by atoms with E-state index in [4.69, 9.17) is 0 Å². The summed E-state index contributed by atoms with van der Waals surface area (Å²) < 4.78 is 1.98. The number of nitrogens with one attached hydrogen (secondary N) is 2. The molecule has 1 unspecified atom stereocenters. The fourth-order valence-corrected chi connectivity index (χ4v) is 2.77. The minimum atomic E-state index is 0.701. The molecule has 0 saturated heterocycles. The Morgan fingerprint density at radius 2 is 2.06 bits per heavy atom. The molecule has 0 aliphatic carbocycles. The van der Waals surface area contributed by atoms with Gasteiger partial charge in [-0.2, -0.15) is 5.10 Å². The molecule has 18 heavy (non-hydrogen) atoms. The Morgan fingerprint density at radius 1 is 1.33 bits per heavy atom. The smallest absolute Gasteiger partial charge is 0.148 e. The lowest BCUT2D eigenvalue weighted by molar-refractivity contribution is 0.443. The Bertz CT molecular complexity index is 395. The summed E-state index contributed by atoms with van der Waals surface area (Å²) in [6, 6.07) is 0. The van der Waals surface area contributed by atoms with Crippen LogP contribution in [-0.4, -0.2) is 22.9 Å². The Labute approximate surface area is 110 Å². The summed E-state index contributed by atoms with van der Waals surface area (Å²) in [5, 5.41) is 11.8. The van der Waals surface area contributed by atoms with Crippen molar-refractivity contribution in [3.63, 3.8) is 0 Å². The lowest BCUT2D eigenvalue weighted by Crippen LogP contribution is -2.21. The Hall–Kier alpha value is -1.19. The van der Waals surface area contributed by atoms with Gasteiger partial charge in [0.15, 0.2) is 0 Å². The van der Waals surface area contributed by atoms with Crippen molar-refractivity contribution < 1.29 is 0 Å². The molecule has 1 atom stereocenters. The zero-order valence-electron chi connectivity index (χ0n) is 12.1. The summed E-state index contributed by atoms with van der Waals surface area (Å²) in [6.45, 7) is 8.89. The number of aryl methyl sites for hydroxylation is 2. The first kappa shape index (κ1) is 13.2. The van der Waals surface area contributed by atoms with Crippen LogP contribution in [-0.2, 0) is 13.5 Å². The maximum Gasteiger partial charge on any atom is 0.148 e. The van der Waals surface area contributed by atoms with E-state index in [0.717, 1.165) is 37.7 Å².